The zero-order valence-electron chi connectivity index (χ0n) is 9.75. The second-order valence-electron chi connectivity index (χ2n) is 3.67. The van der Waals surface area contributed by atoms with Gasteiger partial charge in [-0.3, -0.25) is 0 Å². The van der Waals surface area contributed by atoms with Gasteiger partial charge in [-0.15, -0.1) is 0 Å². The largest absolute Gasteiger partial charge is 0.369 e. The van der Waals surface area contributed by atoms with Crippen LogP contribution in [-0.2, 0) is 6.42 Å². The predicted octanol–water partition coefficient (Wildman–Crippen LogP) is 3.48. The highest BCUT2D eigenvalue weighted by Gasteiger charge is 2.19. The summed E-state index contributed by atoms with van der Waals surface area (Å²) in [7, 11) is 0. The minimum atomic E-state index is 0.633. The van der Waals surface area contributed by atoms with Crippen LogP contribution in [0.5, 0.6) is 0 Å². The molecule has 0 aliphatic carbocycles. The first kappa shape index (κ1) is 11.1. The van der Waals surface area contributed by atoms with E-state index in [1.165, 1.54) is 24.2 Å². The lowest BCUT2D eigenvalue weighted by atomic mass is 10.2. The van der Waals surface area contributed by atoms with Crippen LogP contribution < -0.4 is 4.90 Å². The molecule has 1 aliphatic rings. The lowest BCUT2D eigenvalue weighted by Crippen LogP contribution is -2.28. The Morgan fingerprint density at radius 2 is 1.79 bits per heavy atom. The molecule has 0 unspecified atom stereocenters. The van der Waals surface area contributed by atoms with Crippen molar-refractivity contribution in [3.63, 3.8) is 0 Å². The molecule has 14 heavy (non-hydrogen) atoms. The van der Waals surface area contributed by atoms with E-state index in [0.29, 0.717) is 6.04 Å². The first-order chi connectivity index (χ1) is 6.79. The van der Waals surface area contributed by atoms with Crippen LogP contribution in [0.1, 0.15) is 33.3 Å². The fraction of sp³-hybridized carbons (Fsp3) is 0.538. The second-order valence-corrected chi connectivity index (χ2v) is 3.67. The van der Waals surface area contributed by atoms with Gasteiger partial charge in [0.25, 0.3) is 0 Å². The second kappa shape index (κ2) is 5.04. The third-order valence-corrected chi connectivity index (χ3v) is 2.55. The maximum atomic E-state index is 2.47. The van der Waals surface area contributed by atoms with Crippen molar-refractivity contribution in [3.05, 3.63) is 29.8 Å². The number of hydrogen-bond acceptors (Lipinski definition) is 1. The van der Waals surface area contributed by atoms with E-state index >= 15 is 0 Å². The highest BCUT2D eigenvalue weighted by molar-refractivity contribution is 5.58. The van der Waals surface area contributed by atoms with Gasteiger partial charge in [-0.2, -0.15) is 0 Å². The number of benzene rings is 1. The SMILES string of the molecule is CC.CC(C)N1CCc2ccccc21. The van der Waals surface area contributed by atoms with Crippen molar-refractivity contribution in [1.29, 1.82) is 0 Å². The highest BCUT2D eigenvalue weighted by atomic mass is 15.2. The third-order valence-electron chi connectivity index (χ3n) is 2.55. The van der Waals surface area contributed by atoms with E-state index in [2.05, 4.69) is 43.0 Å². The molecule has 1 heterocycles. The summed E-state index contributed by atoms with van der Waals surface area (Å²) in [5, 5.41) is 0. The maximum absolute atomic E-state index is 2.47. The van der Waals surface area contributed by atoms with Gasteiger partial charge in [0.05, 0.1) is 0 Å². The Morgan fingerprint density at radius 1 is 1.14 bits per heavy atom. The molecule has 0 saturated heterocycles. The van der Waals surface area contributed by atoms with Crippen molar-refractivity contribution >= 4 is 5.69 Å². The minimum absolute atomic E-state index is 0.633. The third kappa shape index (κ3) is 2.09. The van der Waals surface area contributed by atoms with E-state index in [9.17, 15) is 0 Å². The monoisotopic (exact) mass is 191 g/mol. The Labute approximate surface area is 87.7 Å². The van der Waals surface area contributed by atoms with Gasteiger partial charge in [-0.1, -0.05) is 32.0 Å². The first-order valence-electron chi connectivity index (χ1n) is 5.63. The molecule has 0 amide bonds. The molecular weight excluding hydrogens is 170 g/mol. The van der Waals surface area contributed by atoms with Crippen LogP contribution in [0, 0.1) is 0 Å². The van der Waals surface area contributed by atoms with Crippen LogP contribution >= 0.6 is 0 Å². The molecule has 78 valence electrons. The fourth-order valence-corrected chi connectivity index (χ4v) is 1.90. The quantitative estimate of drug-likeness (QED) is 0.657. The van der Waals surface area contributed by atoms with Crippen LogP contribution in [0.3, 0.4) is 0 Å². The average Bonchev–Trinajstić information content (AvgIpc) is 2.64. The smallest absolute Gasteiger partial charge is 0.0401 e. The van der Waals surface area contributed by atoms with E-state index in [0.717, 1.165) is 0 Å². The van der Waals surface area contributed by atoms with E-state index in [4.69, 9.17) is 0 Å². The molecule has 1 heteroatoms. The van der Waals surface area contributed by atoms with Crippen LogP contribution in [0.2, 0.25) is 0 Å². The Morgan fingerprint density at radius 3 is 2.43 bits per heavy atom. The Hall–Kier alpha value is -0.980. The van der Waals surface area contributed by atoms with Crippen molar-refractivity contribution in [2.24, 2.45) is 0 Å². The summed E-state index contributed by atoms with van der Waals surface area (Å²) >= 11 is 0. The molecule has 1 aliphatic heterocycles. The molecule has 0 aromatic heterocycles. The molecule has 0 radical (unpaired) electrons. The van der Waals surface area contributed by atoms with Crippen LogP contribution in [0.4, 0.5) is 5.69 Å². The van der Waals surface area contributed by atoms with Crippen molar-refractivity contribution in [2.45, 2.75) is 40.2 Å². The zero-order valence-corrected chi connectivity index (χ0v) is 9.75. The standard InChI is InChI=1S/C11H15N.C2H6/c1-9(2)12-8-7-10-5-3-4-6-11(10)12;1-2/h3-6,9H,7-8H2,1-2H3;1-2H3. The molecule has 0 bridgehead atoms. The van der Waals surface area contributed by atoms with Gasteiger partial charge in [0, 0.05) is 18.3 Å². The molecule has 2 rings (SSSR count). The number of hydrogen-bond donors (Lipinski definition) is 0. The van der Waals surface area contributed by atoms with Gasteiger partial charge in [-0.05, 0) is 31.9 Å². The van der Waals surface area contributed by atoms with Crippen LogP contribution in [0.25, 0.3) is 0 Å². The summed E-state index contributed by atoms with van der Waals surface area (Å²) in [6, 6.07) is 9.34. The molecular formula is C13H21N. The predicted molar refractivity (Wildman–Crippen MR) is 64.0 cm³/mol. The van der Waals surface area contributed by atoms with E-state index in [1.807, 2.05) is 13.8 Å². The maximum Gasteiger partial charge on any atom is 0.0401 e. The summed E-state index contributed by atoms with van der Waals surface area (Å²) in [5.74, 6) is 0. The molecule has 0 atom stereocenters. The number of para-hydroxylation sites is 1. The molecule has 0 N–H and O–H groups in total. The summed E-state index contributed by atoms with van der Waals surface area (Å²) < 4.78 is 0. The average molecular weight is 191 g/mol. The summed E-state index contributed by atoms with van der Waals surface area (Å²) in [4.78, 5) is 2.47. The molecule has 1 aromatic rings. The topological polar surface area (TPSA) is 3.24 Å². The fourth-order valence-electron chi connectivity index (χ4n) is 1.90. The molecule has 1 aromatic carbocycles. The molecule has 0 spiro atoms. The Bertz CT molecular complexity index is 278. The van der Waals surface area contributed by atoms with Crippen molar-refractivity contribution < 1.29 is 0 Å². The number of anilines is 1. The Balaban J connectivity index is 0.000000461. The minimum Gasteiger partial charge on any atom is -0.369 e. The molecule has 0 saturated carbocycles. The van der Waals surface area contributed by atoms with E-state index < -0.39 is 0 Å². The van der Waals surface area contributed by atoms with Gasteiger partial charge < -0.3 is 4.90 Å². The number of fused-ring (bicyclic) bond motifs is 1. The summed E-state index contributed by atoms with van der Waals surface area (Å²) in [6.45, 7) is 9.70. The molecule has 1 nitrogen and oxygen atoms in total. The zero-order chi connectivity index (χ0) is 10.6. The normalized spacial score (nSPS) is 13.6. The Kier molecular flexibility index (Phi) is 3.99. The lowest BCUT2D eigenvalue weighted by Gasteiger charge is -2.23. The van der Waals surface area contributed by atoms with Crippen LogP contribution in [0.15, 0.2) is 24.3 Å². The summed E-state index contributed by atoms with van der Waals surface area (Å²) in [5.41, 5.74) is 2.94. The summed E-state index contributed by atoms with van der Waals surface area (Å²) in [6.07, 6.45) is 1.22. The number of rotatable bonds is 1. The van der Waals surface area contributed by atoms with Crippen LogP contribution in [-0.4, -0.2) is 12.6 Å². The molecule has 0 fully saturated rings. The highest BCUT2D eigenvalue weighted by Crippen LogP contribution is 2.28. The van der Waals surface area contributed by atoms with E-state index in [-0.39, 0.29) is 0 Å². The van der Waals surface area contributed by atoms with E-state index in [1.54, 1.807) is 0 Å². The van der Waals surface area contributed by atoms with Gasteiger partial charge in [0.15, 0.2) is 0 Å². The first-order valence-corrected chi connectivity index (χ1v) is 5.63. The van der Waals surface area contributed by atoms with Gasteiger partial charge in [0.1, 0.15) is 0 Å². The van der Waals surface area contributed by atoms with Crippen molar-refractivity contribution in [2.75, 3.05) is 11.4 Å². The van der Waals surface area contributed by atoms with Gasteiger partial charge in [-0.25, -0.2) is 0 Å². The van der Waals surface area contributed by atoms with Gasteiger partial charge in [0.2, 0.25) is 0 Å². The number of nitrogens with zero attached hydrogens (tertiary/aromatic N) is 1. The van der Waals surface area contributed by atoms with Gasteiger partial charge >= 0.3 is 0 Å². The van der Waals surface area contributed by atoms with Crippen molar-refractivity contribution in [3.8, 4) is 0 Å². The van der Waals surface area contributed by atoms with Crippen molar-refractivity contribution in [1.82, 2.24) is 0 Å². The lowest BCUT2D eigenvalue weighted by molar-refractivity contribution is 0.710.